The van der Waals surface area contributed by atoms with Gasteiger partial charge in [-0.2, -0.15) is 0 Å². The van der Waals surface area contributed by atoms with E-state index in [2.05, 4.69) is 103 Å². The molecule has 0 aromatic heterocycles. The second-order valence-corrected chi connectivity index (χ2v) is 21.6. The molecule has 0 radical (unpaired) electrons. The molecule has 0 atom stereocenters. The Hall–Kier alpha value is -2.86. The van der Waals surface area contributed by atoms with Gasteiger partial charge in [0.15, 0.2) is 0 Å². The first-order valence-corrected chi connectivity index (χ1v) is 24.3. The third-order valence-electron chi connectivity index (χ3n) is 11.0. The summed E-state index contributed by atoms with van der Waals surface area (Å²) in [4.78, 5) is 23.1. The van der Waals surface area contributed by atoms with E-state index in [9.17, 15) is 0 Å². The molecule has 2 aromatic rings. The molecule has 0 N–H and O–H groups in total. The number of hydrogen-bond donors (Lipinski definition) is 0. The van der Waals surface area contributed by atoms with Crippen LogP contribution in [0.25, 0.3) is 10.8 Å². The largest absolute Gasteiger partial charge is 0.349 e. The van der Waals surface area contributed by atoms with Gasteiger partial charge in [-0.25, -0.2) is 9.98 Å². The van der Waals surface area contributed by atoms with Crippen LogP contribution in [0.2, 0.25) is 0 Å². The van der Waals surface area contributed by atoms with Gasteiger partial charge in [-0.05, 0) is 51.5 Å². The Labute approximate surface area is 372 Å². The molecule has 6 aliphatic rings. The summed E-state index contributed by atoms with van der Waals surface area (Å²) in [5.41, 5.74) is 4.84. The summed E-state index contributed by atoms with van der Waals surface area (Å²) in [6.07, 6.45) is 4.54. The lowest BCUT2D eigenvalue weighted by Gasteiger charge is -2.49. The van der Waals surface area contributed by atoms with Crippen molar-refractivity contribution in [2.24, 2.45) is 9.98 Å². The molecule has 0 saturated carbocycles. The van der Waals surface area contributed by atoms with E-state index in [1.165, 1.54) is 97.9 Å². The monoisotopic (exact) mass is 873 g/mol. The van der Waals surface area contributed by atoms with Gasteiger partial charge in [-0.15, -0.1) is 5.73 Å². The van der Waals surface area contributed by atoms with Crippen molar-refractivity contribution in [1.29, 1.82) is 0 Å². The molecule has 2 aromatic carbocycles. The molecule has 8 rings (SSSR count). The van der Waals surface area contributed by atoms with Crippen molar-refractivity contribution in [3.63, 3.8) is 0 Å². The number of aliphatic imine (C=N–C) groups is 2. The predicted molar refractivity (Wildman–Crippen MR) is 268 cm³/mol. The highest BCUT2D eigenvalue weighted by atomic mass is 31.2. The van der Waals surface area contributed by atoms with E-state index in [0.29, 0.717) is 0 Å². The van der Waals surface area contributed by atoms with Gasteiger partial charge in [-0.3, -0.25) is 33.2 Å². The van der Waals surface area contributed by atoms with Gasteiger partial charge in [-0.1, -0.05) is 44.7 Å². The Morgan fingerprint density at radius 1 is 0.600 bits per heavy atom. The summed E-state index contributed by atoms with van der Waals surface area (Å²) in [5.74, 6) is 1.77. The smallest absolute Gasteiger partial charge is 0.200 e. The molecular weight excluding hydrogens is 787 g/mol. The van der Waals surface area contributed by atoms with E-state index in [1.54, 1.807) is 0 Å². The maximum atomic E-state index is 4.92. The average Bonchev–Trinajstić information content (AvgIpc) is 3.18. The van der Waals surface area contributed by atoms with Crippen molar-refractivity contribution in [3.8, 4) is 0 Å². The first-order valence-electron chi connectivity index (χ1n) is 21.9. The molecule has 0 spiro atoms. The van der Waals surface area contributed by atoms with E-state index in [-0.39, 0.29) is 21.0 Å². The zero-order valence-corrected chi connectivity index (χ0v) is 41.5. The topological polar surface area (TPSA) is 63.6 Å². The first-order chi connectivity index (χ1) is 28.7. The molecule has 342 valence electrons. The van der Waals surface area contributed by atoms with Gasteiger partial charge in [0.05, 0.1) is 11.4 Å². The van der Waals surface area contributed by atoms with Gasteiger partial charge in [0.1, 0.15) is 16.7 Å². The quantitative estimate of drug-likeness (QED) is 0.129. The number of fused-ring (bicyclic) bond motifs is 13. The second kappa shape index (κ2) is 24.7. The Bertz CT molecular complexity index is 1590. The number of guanidine groups is 2. The summed E-state index contributed by atoms with van der Waals surface area (Å²) in [7, 11) is 22.2. The molecule has 0 unspecified atom stereocenters. The zero-order valence-electron chi connectivity index (χ0n) is 39.7. The fraction of sp³-hybridized carbons (Fsp3) is 0.659. The lowest BCUT2D eigenvalue weighted by molar-refractivity contribution is 0.177. The van der Waals surface area contributed by atoms with E-state index in [1.807, 2.05) is 100 Å². The highest BCUT2D eigenvalue weighted by Crippen LogP contribution is 2.50. The SMILES string of the molecule is C=C=CN1CCN2CCN(CCC)P1N(CCC)CC2.CN(C)C(=Nc1cccc2cccc(N=C(N(C)C)N(C)C)c12)N(C)C.CN1CCN2CCN(C)P1N(C)CC2.[HH].[HH].[HH]. The van der Waals surface area contributed by atoms with Crippen molar-refractivity contribution in [2.45, 2.75) is 26.7 Å². The molecule has 4 bridgehead atoms. The van der Waals surface area contributed by atoms with Crippen molar-refractivity contribution >= 4 is 50.8 Å². The Kier molecular flexibility index (Phi) is 20.5. The molecule has 6 aliphatic heterocycles. The van der Waals surface area contributed by atoms with Crippen LogP contribution in [0.1, 0.15) is 31.0 Å². The minimum absolute atomic E-state index is 0. The lowest BCUT2D eigenvalue weighted by Crippen LogP contribution is -2.51. The summed E-state index contributed by atoms with van der Waals surface area (Å²) in [5, 5.41) is 2.18. The van der Waals surface area contributed by atoms with Crippen LogP contribution < -0.4 is 0 Å². The number of hydrogen-bond acceptors (Lipinski definition) is 10. The molecule has 0 aliphatic carbocycles. The Morgan fingerprint density at radius 3 is 1.35 bits per heavy atom. The van der Waals surface area contributed by atoms with Gasteiger partial charge in [0.25, 0.3) is 0 Å². The second-order valence-electron chi connectivity index (χ2n) is 16.8. The number of rotatable bonds is 7. The number of benzene rings is 2. The first kappa shape index (κ1) is 49.8. The average molecular weight is 873 g/mol. The van der Waals surface area contributed by atoms with Crippen molar-refractivity contribution in [1.82, 2.24) is 57.4 Å². The van der Waals surface area contributed by atoms with Crippen LogP contribution in [-0.4, -0.2) is 238 Å². The standard InChI is InChI=1S/C20H30N6.C15H29N4P.C9H21N4P.3H2/c1-23(2)19(24(3)4)21-16-13-9-11-15-12-10-14-17(18(15)16)22-20(25(5)6)26(7)8;1-4-7-17-13-10-16-11-14-18(8-5-2)20(17)19(9-6-3)15-12-16;1-10-4-7-13-8-5-11(2)14(10)12(3)6-9-13;;;/h9-14H,1-8H3;7H,1,5-6,8-15H2,2-3H3;4-9H2,1-3H3;3*1H. The molecule has 0 amide bonds. The molecule has 16 heteroatoms. The molecule has 6 heterocycles. The van der Waals surface area contributed by atoms with Gasteiger partial charge in [0.2, 0.25) is 11.9 Å². The molecule has 6 fully saturated rings. The van der Waals surface area contributed by atoms with E-state index < -0.39 is 0 Å². The predicted octanol–water partition coefficient (Wildman–Crippen LogP) is 6.70. The maximum Gasteiger partial charge on any atom is 0.200 e. The van der Waals surface area contributed by atoms with E-state index in [0.717, 1.165) is 40.6 Å². The van der Waals surface area contributed by atoms with E-state index in [4.69, 9.17) is 9.98 Å². The fourth-order valence-electron chi connectivity index (χ4n) is 8.15. The molecule has 14 nitrogen and oxygen atoms in total. The van der Waals surface area contributed by atoms with Crippen LogP contribution in [0.4, 0.5) is 11.4 Å². The minimum atomic E-state index is -0.370. The van der Waals surface area contributed by atoms with Gasteiger partial charge < -0.3 is 24.3 Å². The van der Waals surface area contributed by atoms with Crippen molar-refractivity contribution < 1.29 is 4.28 Å². The van der Waals surface area contributed by atoms with E-state index >= 15 is 0 Å². The third-order valence-corrected chi connectivity index (χ3v) is 16.0. The van der Waals surface area contributed by atoms with Crippen LogP contribution in [0.5, 0.6) is 0 Å². The summed E-state index contributed by atoms with van der Waals surface area (Å²) < 4.78 is 15.4. The van der Waals surface area contributed by atoms with Crippen molar-refractivity contribution in [2.75, 3.05) is 169 Å². The van der Waals surface area contributed by atoms with Crippen LogP contribution in [0, 0.1) is 0 Å². The summed E-state index contributed by atoms with van der Waals surface area (Å²) in [6, 6.07) is 12.4. The Balaban J connectivity index is 0.000000480. The highest BCUT2D eigenvalue weighted by Gasteiger charge is 2.34. The fourth-order valence-corrected chi connectivity index (χ4v) is 13.3. The normalized spacial score (nSPS) is 22.9. The molecular formula is C44H86N14P2. The summed E-state index contributed by atoms with van der Waals surface area (Å²) >= 11 is 0. The van der Waals surface area contributed by atoms with Gasteiger partial charge in [0, 0.05) is 164 Å². The number of nitrogens with zero attached hydrogens (tertiary/aromatic N) is 14. The van der Waals surface area contributed by atoms with Crippen LogP contribution in [0.3, 0.4) is 0 Å². The van der Waals surface area contributed by atoms with Crippen LogP contribution >= 0.6 is 16.7 Å². The van der Waals surface area contributed by atoms with Crippen LogP contribution in [0.15, 0.2) is 64.9 Å². The number of likely N-dealkylation sites (N-methyl/N-ethyl adjacent to an activating group) is 3. The third kappa shape index (κ3) is 13.8. The van der Waals surface area contributed by atoms with Crippen molar-refractivity contribution in [3.05, 3.63) is 54.9 Å². The highest BCUT2D eigenvalue weighted by molar-refractivity contribution is 7.50. The zero-order chi connectivity index (χ0) is 43.9. The summed E-state index contributed by atoms with van der Waals surface area (Å²) in [6.45, 7) is 25.3. The molecule has 6 saturated heterocycles. The maximum absolute atomic E-state index is 4.92. The van der Waals surface area contributed by atoms with Crippen LogP contribution in [-0.2, 0) is 0 Å². The molecule has 60 heavy (non-hydrogen) atoms. The van der Waals surface area contributed by atoms with Gasteiger partial charge >= 0.3 is 0 Å². The lowest BCUT2D eigenvalue weighted by atomic mass is 10.1. The minimum Gasteiger partial charge on any atom is -0.349 e. The Morgan fingerprint density at radius 2 is 0.983 bits per heavy atom.